The molecule has 2 rings (SSSR count). The molecule has 8 heteroatoms. The molecule has 18 heavy (non-hydrogen) atoms. The van der Waals surface area contributed by atoms with Crippen molar-refractivity contribution in [2.75, 3.05) is 0 Å². The Kier molecular flexibility index (Phi) is 4.58. The van der Waals surface area contributed by atoms with Crippen molar-refractivity contribution >= 4 is 37.5 Å². The van der Waals surface area contributed by atoms with Gasteiger partial charge in [0, 0.05) is 10.1 Å². The third-order valence-electron chi connectivity index (χ3n) is 2.24. The molecule has 0 spiro atoms. The zero-order valence-corrected chi connectivity index (χ0v) is 13.3. The number of hydrogen-bond acceptors (Lipinski definition) is 5. The maximum Gasteiger partial charge on any atom is 1.00 e. The molecule has 2 aromatic rings. The Hall–Kier alpha value is -0.440. The van der Waals surface area contributed by atoms with E-state index in [0.717, 1.165) is 16.9 Å². The predicted octanol–water partition coefficient (Wildman–Crippen LogP) is -1.18. The fraction of sp³-hybridized carbons (Fsp3) is 0.100. The maximum absolute atomic E-state index is 11.1. The largest absolute Gasteiger partial charge is 1.00 e. The minimum absolute atomic E-state index is 0. The molecule has 0 unspecified atom stereocenters. The van der Waals surface area contributed by atoms with Gasteiger partial charge < -0.3 is 9.66 Å². The zero-order valence-electron chi connectivity index (χ0n) is 9.63. The van der Waals surface area contributed by atoms with Crippen molar-refractivity contribution in [3.05, 3.63) is 28.6 Å². The molecule has 1 aromatic heterocycles. The number of carbonyl (C=O) groups is 1. The molecule has 1 aromatic carbocycles. The quantitative estimate of drug-likeness (QED) is 0.555. The Morgan fingerprint density at radius 1 is 1.39 bits per heavy atom. The van der Waals surface area contributed by atoms with E-state index in [1.807, 2.05) is 0 Å². The molecule has 1 N–H and O–H groups in total. The third-order valence-corrected chi connectivity index (χ3v) is 4.44. The second-order valence-corrected chi connectivity index (χ2v) is 5.89. The van der Waals surface area contributed by atoms with E-state index in [4.69, 9.17) is 5.11 Å². The summed E-state index contributed by atoms with van der Waals surface area (Å²) in [4.78, 5) is 9.87. The number of hydrogen-bond donors (Lipinski definition) is 1. The summed E-state index contributed by atoms with van der Waals surface area (Å²) in [5.41, 5.74) is 0.866. The van der Waals surface area contributed by atoms with Crippen molar-refractivity contribution in [1.29, 1.82) is 0 Å². The summed E-state index contributed by atoms with van der Waals surface area (Å²) in [6, 6.07) is 4.74. The van der Waals surface area contributed by atoms with Gasteiger partial charge in [0.2, 0.25) is 0 Å². The van der Waals surface area contributed by atoms with Crippen LogP contribution in [0.1, 0.15) is 15.2 Å². The fourth-order valence-corrected chi connectivity index (χ4v) is 3.86. The normalized spacial score (nSPS) is 11.2. The van der Waals surface area contributed by atoms with Crippen molar-refractivity contribution in [3.63, 3.8) is 0 Å². The summed E-state index contributed by atoms with van der Waals surface area (Å²) >= 11 is 0.794. The molecule has 0 saturated heterocycles. The van der Waals surface area contributed by atoms with Gasteiger partial charge in [-0.25, -0.2) is 13.2 Å². The summed E-state index contributed by atoms with van der Waals surface area (Å²) in [5, 5.41) is 9.08. The molecule has 0 aliphatic heterocycles. The van der Waals surface area contributed by atoms with Gasteiger partial charge in [0.05, 0.1) is 4.90 Å². The zero-order chi connectivity index (χ0) is 12.8. The van der Waals surface area contributed by atoms with Gasteiger partial charge in [-0.3, -0.25) is 0 Å². The second kappa shape index (κ2) is 5.28. The molecule has 0 atom stereocenters. The first-order valence-electron chi connectivity index (χ1n) is 4.53. The maximum atomic E-state index is 11.1. The molecular formula is C10H7NaO5S2. The number of rotatable bonds is 2. The smallest absolute Gasteiger partial charge is 0.744 e. The number of carboxylic acids is 1. The van der Waals surface area contributed by atoms with Crippen LogP contribution < -0.4 is 29.6 Å². The number of benzene rings is 1. The van der Waals surface area contributed by atoms with Gasteiger partial charge in [-0.2, -0.15) is 0 Å². The van der Waals surface area contributed by atoms with E-state index >= 15 is 0 Å². The van der Waals surface area contributed by atoms with Crippen molar-refractivity contribution in [2.24, 2.45) is 0 Å². The number of aromatic carboxylic acids is 1. The van der Waals surface area contributed by atoms with Gasteiger partial charge >= 0.3 is 35.5 Å². The van der Waals surface area contributed by atoms with Gasteiger partial charge in [0.25, 0.3) is 0 Å². The first-order valence-corrected chi connectivity index (χ1v) is 6.75. The second-order valence-electron chi connectivity index (χ2n) is 3.52. The molecule has 1 heterocycles. The van der Waals surface area contributed by atoms with Crippen LogP contribution in [0.4, 0.5) is 0 Å². The van der Waals surface area contributed by atoms with Crippen molar-refractivity contribution in [2.45, 2.75) is 11.8 Å². The molecular weight excluding hydrogens is 287 g/mol. The molecule has 0 radical (unpaired) electrons. The van der Waals surface area contributed by atoms with Crippen LogP contribution in [0.5, 0.6) is 0 Å². The van der Waals surface area contributed by atoms with Gasteiger partial charge in [-0.1, -0.05) is 12.1 Å². The third kappa shape index (κ3) is 2.76. The van der Waals surface area contributed by atoms with Crippen LogP contribution in [-0.4, -0.2) is 24.0 Å². The fourth-order valence-electron chi connectivity index (χ4n) is 1.57. The Morgan fingerprint density at radius 2 is 2.00 bits per heavy atom. The van der Waals surface area contributed by atoms with Crippen molar-refractivity contribution in [1.82, 2.24) is 0 Å². The summed E-state index contributed by atoms with van der Waals surface area (Å²) in [5.74, 6) is -1.40. The van der Waals surface area contributed by atoms with E-state index in [1.54, 1.807) is 19.1 Å². The standard InChI is InChI=1S/C10H8O5S2.Na/c1-5-2-3-6-7(4-5)16-8(10(11)12)9(6)17(13,14)15;/h2-4H,1H3,(H,11,12)(H,13,14,15);/q;+1/p-1. The average molecular weight is 294 g/mol. The van der Waals surface area contributed by atoms with E-state index < -0.39 is 25.9 Å². The molecule has 0 aliphatic rings. The first kappa shape index (κ1) is 15.6. The van der Waals surface area contributed by atoms with E-state index in [-0.39, 0.29) is 34.9 Å². The van der Waals surface area contributed by atoms with E-state index in [9.17, 15) is 17.8 Å². The molecule has 0 amide bonds. The minimum atomic E-state index is -4.80. The Morgan fingerprint density at radius 3 is 2.50 bits per heavy atom. The van der Waals surface area contributed by atoms with Crippen LogP contribution in [0.2, 0.25) is 0 Å². The first-order chi connectivity index (χ1) is 7.80. The van der Waals surface area contributed by atoms with Crippen LogP contribution in [0.25, 0.3) is 10.1 Å². The Balaban J connectivity index is 0.00000162. The van der Waals surface area contributed by atoms with Crippen LogP contribution >= 0.6 is 11.3 Å². The number of carboxylic acid groups (broad SMARTS) is 1. The van der Waals surface area contributed by atoms with Gasteiger partial charge in [0.15, 0.2) is 0 Å². The molecule has 0 bridgehead atoms. The summed E-state index contributed by atoms with van der Waals surface area (Å²) in [7, 11) is -4.80. The van der Waals surface area contributed by atoms with Gasteiger partial charge in [-0.05, 0) is 18.6 Å². The minimum Gasteiger partial charge on any atom is -0.744 e. The summed E-state index contributed by atoms with van der Waals surface area (Å²) < 4.78 is 33.8. The topological polar surface area (TPSA) is 94.5 Å². The van der Waals surface area contributed by atoms with Crippen molar-refractivity contribution in [3.8, 4) is 0 Å². The van der Waals surface area contributed by atoms with E-state index in [1.165, 1.54) is 6.07 Å². The Bertz CT molecular complexity index is 717. The molecule has 5 nitrogen and oxygen atoms in total. The molecule has 90 valence electrons. The van der Waals surface area contributed by atoms with Crippen LogP contribution in [0.15, 0.2) is 23.1 Å². The van der Waals surface area contributed by atoms with E-state index in [0.29, 0.717) is 4.70 Å². The van der Waals surface area contributed by atoms with Crippen molar-refractivity contribution < 1.29 is 52.4 Å². The van der Waals surface area contributed by atoms with Crippen LogP contribution in [-0.2, 0) is 10.1 Å². The summed E-state index contributed by atoms with van der Waals surface area (Å²) in [6.45, 7) is 1.80. The van der Waals surface area contributed by atoms with Crippen LogP contribution in [0.3, 0.4) is 0 Å². The Labute approximate surface area is 129 Å². The molecule has 0 saturated carbocycles. The predicted molar refractivity (Wildman–Crippen MR) is 61.5 cm³/mol. The molecule has 0 aliphatic carbocycles. The SMILES string of the molecule is Cc1ccc2c(S(=O)(=O)[O-])c(C(=O)O)sc2c1.[Na+]. The van der Waals surface area contributed by atoms with Gasteiger partial charge in [-0.15, -0.1) is 11.3 Å². The number of thiophene rings is 1. The average Bonchev–Trinajstić information content (AvgIpc) is 2.55. The summed E-state index contributed by atoms with van der Waals surface area (Å²) in [6.07, 6.45) is 0. The van der Waals surface area contributed by atoms with E-state index in [2.05, 4.69) is 0 Å². The van der Waals surface area contributed by atoms with Gasteiger partial charge in [0.1, 0.15) is 15.0 Å². The molecule has 0 fully saturated rings. The monoisotopic (exact) mass is 294 g/mol. The number of aryl methyl sites for hydroxylation is 1. The van der Waals surface area contributed by atoms with Crippen LogP contribution in [0, 0.1) is 6.92 Å². The number of fused-ring (bicyclic) bond motifs is 1.